The number of benzene rings is 1. The standard InChI is InChI=1S/C25H29N5O/c31-19-30(18-20-11-15-26-16-12-20)24-10-9-23(21-6-2-1-3-7-21)29-25(24)28-17-13-22-8-4-5-14-27-22/h1-10,14,19-20,26H,11-13,15-18H2,(H,28,29). The molecule has 31 heavy (non-hydrogen) atoms. The van der Waals surface area contributed by atoms with Crippen molar-refractivity contribution in [1.29, 1.82) is 0 Å². The van der Waals surface area contributed by atoms with Crippen molar-refractivity contribution >= 4 is 17.9 Å². The molecule has 3 aromatic rings. The maximum Gasteiger partial charge on any atom is 0.214 e. The Labute approximate surface area is 183 Å². The highest BCUT2D eigenvalue weighted by Crippen LogP contribution is 2.29. The molecule has 2 aromatic heterocycles. The molecule has 1 fully saturated rings. The lowest BCUT2D eigenvalue weighted by atomic mass is 9.97. The number of amides is 1. The molecule has 1 saturated heterocycles. The summed E-state index contributed by atoms with van der Waals surface area (Å²) in [7, 11) is 0. The van der Waals surface area contributed by atoms with Gasteiger partial charge in [-0.05, 0) is 56.1 Å². The normalized spacial score (nSPS) is 14.2. The van der Waals surface area contributed by atoms with E-state index in [1.165, 1.54) is 0 Å². The number of carbonyl (C=O) groups is 1. The molecular weight excluding hydrogens is 386 g/mol. The third kappa shape index (κ3) is 5.67. The lowest BCUT2D eigenvalue weighted by Gasteiger charge is -2.28. The maximum atomic E-state index is 12.0. The van der Waals surface area contributed by atoms with Crippen molar-refractivity contribution in [2.45, 2.75) is 19.3 Å². The number of rotatable bonds is 9. The Morgan fingerprint density at radius 3 is 2.58 bits per heavy atom. The van der Waals surface area contributed by atoms with E-state index >= 15 is 0 Å². The van der Waals surface area contributed by atoms with Crippen LogP contribution in [0.25, 0.3) is 11.3 Å². The average molecular weight is 416 g/mol. The molecule has 0 spiro atoms. The monoisotopic (exact) mass is 415 g/mol. The molecule has 6 heteroatoms. The molecule has 0 atom stereocenters. The number of piperidine rings is 1. The molecule has 1 amide bonds. The molecule has 0 saturated carbocycles. The minimum Gasteiger partial charge on any atom is -0.368 e. The highest BCUT2D eigenvalue weighted by Gasteiger charge is 2.20. The van der Waals surface area contributed by atoms with Crippen molar-refractivity contribution in [2.24, 2.45) is 5.92 Å². The van der Waals surface area contributed by atoms with Crippen molar-refractivity contribution in [1.82, 2.24) is 15.3 Å². The number of pyridine rings is 2. The number of anilines is 2. The van der Waals surface area contributed by atoms with Gasteiger partial charge in [0.15, 0.2) is 5.82 Å². The summed E-state index contributed by atoms with van der Waals surface area (Å²) in [5.41, 5.74) is 3.79. The van der Waals surface area contributed by atoms with Gasteiger partial charge in [0.1, 0.15) is 0 Å². The van der Waals surface area contributed by atoms with Crippen LogP contribution in [-0.4, -0.2) is 42.6 Å². The second kappa shape index (κ2) is 10.7. The van der Waals surface area contributed by atoms with Gasteiger partial charge in [-0.25, -0.2) is 4.98 Å². The van der Waals surface area contributed by atoms with E-state index in [-0.39, 0.29) is 0 Å². The van der Waals surface area contributed by atoms with Crippen LogP contribution in [0.4, 0.5) is 11.5 Å². The predicted octanol–water partition coefficient (Wildman–Crippen LogP) is 3.76. The first-order chi connectivity index (χ1) is 15.3. The van der Waals surface area contributed by atoms with E-state index in [1.807, 2.05) is 66.9 Å². The van der Waals surface area contributed by atoms with E-state index in [9.17, 15) is 4.79 Å². The Morgan fingerprint density at radius 2 is 1.84 bits per heavy atom. The van der Waals surface area contributed by atoms with Gasteiger partial charge < -0.3 is 15.5 Å². The largest absolute Gasteiger partial charge is 0.368 e. The van der Waals surface area contributed by atoms with Gasteiger partial charge in [0.2, 0.25) is 6.41 Å². The fraction of sp³-hybridized carbons (Fsp3) is 0.320. The lowest BCUT2D eigenvalue weighted by Crippen LogP contribution is -2.36. The summed E-state index contributed by atoms with van der Waals surface area (Å²) in [4.78, 5) is 23.1. The van der Waals surface area contributed by atoms with E-state index in [2.05, 4.69) is 15.6 Å². The predicted molar refractivity (Wildman–Crippen MR) is 125 cm³/mol. The molecule has 0 bridgehead atoms. The summed E-state index contributed by atoms with van der Waals surface area (Å²) in [6.07, 6.45) is 5.70. The van der Waals surface area contributed by atoms with Gasteiger partial charge in [-0.15, -0.1) is 0 Å². The van der Waals surface area contributed by atoms with Crippen LogP contribution in [0, 0.1) is 5.92 Å². The van der Waals surface area contributed by atoms with Gasteiger partial charge >= 0.3 is 0 Å². The van der Waals surface area contributed by atoms with Gasteiger partial charge in [0, 0.05) is 37.0 Å². The van der Waals surface area contributed by atoms with Crippen molar-refractivity contribution in [3.05, 3.63) is 72.6 Å². The number of hydrogen-bond donors (Lipinski definition) is 2. The van der Waals surface area contributed by atoms with E-state index in [0.29, 0.717) is 19.0 Å². The smallest absolute Gasteiger partial charge is 0.214 e. The fourth-order valence-corrected chi connectivity index (χ4v) is 3.98. The van der Waals surface area contributed by atoms with Gasteiger partial charge in [0.25, 0.3) is 0 Å². The Morgan fingerprint density at radius 1 is 1.03 bits per heavy atom. The van der Waals surface area contributed by atoms with E-state index in [0.717, 1.165) is 67.2 Å². The Kier molecular flexibility index (Phi) is 7.24. The quantitative estimate of drug-likeness (QED) is 0.521. The second-order valence-corrected chi connectivity index (χ2v) is 7.88. The van der Waals surface area contributed by atoms with Crippen molar-refractivity contribution in [3.63, 3.8) is 0 Å². The fourth-order valence-electron chi connectivity index (χ4n) is 3.98. The Balaban J connectivity index is 1.56. The number of aromatic nitrogens is 2. The van der Waals surface area contributed by atoms with Crippen molar-refractivity contribution in [3.8, 4) is 11.3 Å². The second-order valence-electron chi connectivity index (χ2n) is 7.88. The molecule has 1 aliphatic rings. The van der Waals surface area contributed by atoms with Crippen LogP contribution >= 0.6 is 0 Å². The summed E-state index contributed by atoms with van der Waals surface area (Å²) >= 11 is 0. The first kappa shape index (κ1) is 21.0. The highest BCUT2D eigenvalue weighted by molar-refractivity contribution is 5.83. The topological polar surface area (TPSA) is 70.2 Å². The van der Waals surface area contributed by atoms with Crippen LogP contribution in [0.5, 0.6) is 0 Å². The van der Waals surface area contributed by atoms with Crippen LogP contribution in [0.1, 0.15) is 18.5 Å². The molecule has 0 radical (unpaired) electrons. The number of carbonyl (C=O) groups excluding carboxylic acids is 1. The van der Waals surface area contributed by atoms with Crippen LogP contribution in [0.3, 0.4) is 0 Å². The molecule has 160 valence electrons. The molecule has 3 heterocycles. The highest BCUT2D eigenvalue weighted by atomic mass is 16.1. The van der Waals surface area contributed by atoms with Crippen LogP contribution in [-0.2, 0) is 11.2 Å². The van der Waals surface area contributed by atoms with E-state index in [4.69, 9.17) is 4.98 Å². The third-order valence-corrected chi connectivity index (χ3v) is 5.69. The SMILES string of the molecule is O=CN(CC1CCNCC1)c1ccc(-c2ccccc2)nc1NCCc1ccccn1. The number of hydrogen-bond acceptors (Lipinski definition) is 5. The molecule has 1 aliphatic heterocycles. The lowest BCUT2D eigenvalue weighted by molar-refractivity contribution is -0.107. The van der Waals surface area contributed by atoms with E-state index < -0.39 is 0 Å². The minimum absolute atomic E-state index is 0.501. The van der Waals surface area contributed by atoms with Gasteiger partial charge in [-0.2, -0.15) is 0 Å². The average Bonchev–Trinajstić information content (AvgIpc) is 2.84. The summed E-state index contributed by atoms with van der Waals surface area (Å²) in [6.45, 7) is 3.43. The number of nitrogens with zero attached hydrogens (tertiary/aromatic N) is 3. The third-order valence-electron chi connectivity index (χ3n) is 5.69. The maximum absolute atomic E-state index is 12.0. The summed E-state index contributed by atoms with van der Waals surface area (Å²) in [5.74, 6) is 1.24. The van der Waals surface area contributed by atoms with Crippen LogP contribution in [0.15, 0.2) is 66.9 Å². The first-order valence-corrected chi connectivity index (χ1v) is 11.0. The first-order valence-electron chi connectivity index (χ1n) is 11.0. The summed E-state index contributed by atoms with van der Waals surface area (Å²) < 4.78 is 0. The molecule has 0 aliphatic carbocycles. The van der Waals surface area contributed by atoms with Gasteiger partial charge in [-0.1, -0.05) is 36.4 Å². The van der Waals surface area contributed by atoms with Crippen molar-refractivity contribution in [2.75, 3.05) is 36.4 Å². The Bertz CT molecular complexity index is 958. The molecule has 4 rings (SSSR count). The van der Waals surface area contributed by atoms with Gasteiger partial charge in [-0.3, -0.25) is 9.78 Å². The summed E-state index contributed by atoms with van der Waals surface area (Å²) in [5, 5.41) is 6.85. The molecule has 0 unspecified atom stereocenters. The van der Waals surface area contributed by atoms with Crippen LogP contribution < -0.4 is 15.5 Å². The van der Waals surface area contributed by atoms with E-state index in [1.54, 1.807) is 4.90 Å². The molecule has 1 aromatic carbocycles. The van der Waals surface area contributed by atoms with Gasteiger partial charge in [0.05, 0.1) is 11.4 Å². The zero-order valence-electron chi connectivity index (χ0n) is 17.7. The number of nitrogens with one attached hydrogen (secondary N) is 2. The zero-order chi connectivity index (χ0) is 21.3. The van der Waals surface area contributed by atoms with Crippen molar-refractivity contribution < 1.29 is 4.79 Å². The molecular formula is C25H29N5O. The summed E-state index contributed by atoms with van der Waals surface area (Å²) in [6, 6.07) is 20.0. The Hall–Kier alpha value is -3.25. The zero-order valence-corrected chi connectivity index (χ0v) is 17.7. The minimum atomic E-state index is 0.501. The van der Waals surface area contributed by atoms with Crippen LogP contribution in [0.2, 0.25) is 0 Å². The molecule has 2 N–H and O–H groups in total. The molecule has 6 nitrogen and oxygen atoms in total.